The van der Waals surface area contributed by atoms with Crippen LogP contribution in [0, 0.1) is 0 Å². The number of fused-ring (bicyclic) bond motifs is 2. The molecule has 0 spiro atoms. The van der Waals surface area contributed by atoms with Gasteiger partial charge in [0.25, 0.3) is 5.91 Å². The lowest BCUT2D eigenvalue weighted by Gasteiger charge is -2.34. The molecule has 7 N–H and O–H groups in total. The van der Waals surface area contributed by atoms with Gasteiger partial charge in [-0.1, -0.05) is 0 Å². The highest BCUT2D eigenvalue weighted by atomic mass is 16.8. The fourth-order valence-electron chi connectivity index (χ4n) is 3.96. The van der Waals surface area contributed by atoms with Crippen LogP contribution in [0.4, 0.5) is 0 Å². The Balaban J connectivity index is 1.23. The number of hydrogen-bond donors (Lipinski definition) is 7. The van der Waals surface area contributed by atoms with Gasteiger partial charge in [-0.3, -0.25) is 0 Å². The number of benzene rings is 1. The molecule has 30 heavy (non-hydrogen) atoms. The molecule has 0 radical (unpaired) electrons. The minimum atomic E-state index is -1.70. The predicted octanol–water partition coefficient (Wildman–Crippen LogP) is -3.65. The van der Waals surface area contributed by atoms with Gasteiger partial charge in [-0.2, -0.15) is 0 Å². The van der Waals surface area contributed by atoms with Crippen molar-refractivity contribution in [3.05, 3.63) is 24.3 Å². The molecule has 4 fully saturated rings. The Morgan fingerprint density at radius 2 is 1.63 bits per heavy atom. The highest BCUT2D eigenvalue weighted by molar-refractivity contribution is 5.33. The van der Waals surface area contributed by atoms with E-state index in [9.17, 15) is 30.6 Å². The number of aliphatic hydroxyl groups excluding tert-OH is 5. The van der Waals surface area contributed by atoms with Crippen LogP contribution in [-0.4, -0.2) is 105 Å². The lowest BCUT2D eigenvalue weighted by molar-refractivity contribution is -0.239. The summed E-state index contributed by atoms with van der Waals surface area (Å²) >= 11 is 0. The molecule has 10 atom stereocenters. The van der Waals surface area contributed by atoms with Crippen molar-refractivity contribution >= 4 is 0 Å². The third-order valence-electron chi connectivity index (χ3n) is 5.79. The molecular formula is C18H23NO11. The Hall–Kier alpha value is -1.58. The van der Waals surface area contributed by atoms with Crippen molar-refractivity contribution < 1.29 is 54.3 Å². The molecular weight excluding hydrogens is 406 g/mol. The van der Waals surface area contributed by atoms with E-state index in [1.165, 1.54) is 0 Å². The van der Waals surface area contributed by atoms with Crippen LogP contribution in [0.25, 0.3) is 0 Å². The third kappa shape index (κ3) is 3.08. The Labute approximate surface area is 170 Å². The first-order valence-corrected chi connectivity index (χ1v) is 9.54. The van der Waals surface area contributed by atoms with E-state index < -0.39 is 73.9 Å². The number of rotatable bonds is 6. The zero-order valence-corrected chi connectivity index (χ0v) is 15.6. The standard InChI is InChI=1S/C18H23NO11/c20-5-9-11(22)12(23)14-18(19-14,29-9)28-8-3-1-7(2-4-8)26-16-13(24)15-17(25,30-15)10(6-21)27-16/h1-4,9-16,19-25H,5-6H2. The monoisotopic (exact) mass is 429 g/mol. The van der Waals surface area contributed by atoms with Gasteiger partial charge in [0.05, 0.1) is 13.2 Å². The van der Waals surface area contributed by atoms with Gasteiger partial charge >= 0.3 is 0 Å². The van der Waals surface area contributed by atoms with E-state index in [1.54, 1.807) is 24.3 Å². The second kappa shape index (κ2) is 6.97. The maximum atomic E-state index is 10.2. The molecule has 0 saturated carbocycles. The lowest BCUT2D eigenvalue weighted by atomic mass is 10.0. The molecule has 4 aliphatic rings. The summed E-state index contributed by atoms with van der Waals surface area (Å²) in [5.74, 6) is -2.38. The normalized spacial score (nSPS) is 49.0. The summed E-state index contributed by atoms with van der Waals surface area (Å²) in [6.07, 6.45) is -7.74. The van der Waals surface area contributed by atoms with Gasteiger partial charge in [0.15, 0.2) is 0 Å². The predicted molar refractivity (Wildman–Crippen MR) is 92.9 cm³/mol. The number of aliphatic hydroxyl groups is 6. The molecule has 12 heteroatoms. The van der Waals surface area contributed by atoms with Gasteiger partial charge < -0.3 is 54.3 Å². The number of ether oxygens (including phenoxy) is 5. The topological polar surface area (TPSA) is 193 Å². The van der Waals surface area contributed by atoms with Crippen molar-refractivity contribution in [2.45, 2.75) is 60.7 Å². The van der Waals surface area contributed by atoms with E-state index in [1.807, 2.05) is 0 Å². The van der Waals surface area contributed by atoms with Crippen LogP contribution in [0.2, 0.25) is 0 Å². The lowest BCUT2D eigenvalue weighted by Crippen LogP contribution is -2.54. The van der Waals surface area contributed by atoms with Crippen LogP contribution in [0.15, 0.2) is 24.3 Å². The van der Waals surface area contributed by atoms with E-state index in [0.717, 1.165) is 0 Å². The molecule has 0 bridgehead atoms. The maximum Gasteiger partial charge on any atom is 0.290 e. The average Bonchev–Trinajstić information content (AvgIpc) is 3.63. The van der Waals surface area contributed by atoms with E-state index >= 15 is 0 Å². The Morgan fingerprint density at radius 1 is 0.933 bits per heavy atom. The Kier molecular flexibility index (Phi) is 4.72. The van der Waals surface area contributed by atoms with E-state index in [2.05, 4.69) is 5.32 Å². The summed E-state index contributed by atoms with van der Waals surface area (Å²) in [6.45, 7) is -0.985. The van der Waals surface area contributed by atoms with Crippen LogP contribution >= 0.6 is 0 Å². The summed E-state index contributed by atoms with van der Waals surface area (Å²) in [6, 6.07) is 5.54. The molecule has 0 aromatic heterocycles. The number of hydrogen-bond acceptors (Lipinski definition) is 12. The van der Waals surface area contributed by atoms with Crippen LogP contribution in [0.1, 0.15) is 0 Å². The molecule has 166 valence electrons. The van der Waals surface area contributed by atoms with Crippen LogP contribution < -0.4 is 14.8 Å². The van der Waals surface area contributed by atoms with Gasteiger partial charge in [-0.15, -0.1) is 0 Å². The van der Waals surface area contributed by atoms with Crippen molar-refractivity contribution in [3.8, 4) is 11.5 Å². The SMILES string of the molecule is OCC1OC2(Oc3ccc(OC4OC(CO)C5(O)OC5C4O)cc3)NC2C(O)C1O. The minimum absolute atomic E-state index is 0.320. The van der Waals surface area contributed by atoms with Crippen LogP contribution in [0.5, 0.6) is 11.5 Å². The van der Waals surface area contributed by atoms with Crippen molar-refractivity contribution in [3.63, 3.8) is 0 Å². The molecule has 1 aromatic rings. The molecule has 12 nitrogen and oxygen atoms in total. The molecule has 1 aromatic carbocycles. The first kappa shape index (κ1) is 20.3. The summed E-state index contributed by atoms with van der Waals surface area (Å²) in [5, 5.41) is 61.7. The summed E-state index contributed by atoms with van der Waals surface area (Å²) in [7, 11) is 0. The molecule has 0 aliphatic carbocycles. The fourth-order valence-corrected chi connectivity index (χ4v) is 3.96. The number of nitrogens with one attached hydrogen (secondary N) is 1. The highest BCUT2D eigenvalue weighted by Crippen LogP contribution is 2.46. The molecule has 4 aliphatic heterocycles. The van der Waals surface area contributed by atoms with Crippen LogP contribution in [0.3, 0.4) is 0 Å². The Morgan fingerprint density at radius 3 is 2.30 bits per heavy atom. The first-order valence-electron chi connectivity index (χ1n) is 9.54. The van der Waals surface area contributed by atoms with Gasteiger partial charge in [0.1, 0.15) is 54.2 Å². The second-order valence-electron chi connectivity index (χ2n) is 7.76. The maximum absolute atomic E-state index is 10.2. The molecule has 5 rings (SSSR count). The minimum Gasteiger partial charge on any atom is -0.462 e. The van der Waals surface area contributed by atoms with E-state index in [4.69, 9.17) is 23.7 Å². The summed E-state index contributed by atoms with van der Waals surface area (Å²) in [4.78, 5) is 0. The molecule has 4 heterocycles. The fraction of sp³-hybridized carbons (Fsp3) is 0.667. The van der Waals surface area contributed by atoms with Crippen molar-refractivity contribution in [1.82, 2.24) is 5.32 Å². The smallest absolute Gasteiger partial charge is 0.290 e. The summed E-state index contributed by atoms with van der Waals surface area (Å²) in [5.41, 5.74) is 0. The quantitative estimate of drug-likeness (QED) is 0.220. The zero-order chi connectivity index (χ0) is 21.3. The van der Waals surface area contributed by atoms with Gasteiger partial charge in [0, 0.05) is 0 Å². The Bertz CT molecular complexity index is 795. The zero-order valence-electron chi connectivity index (χ0n) is 15.6. The van der Waals surface area contributed by atoms with Crippen molar-refractivity contribution in [2.75, 3.05) is 13.2 Å². The second-order valence-corrected chi connectivity index (χ2v) is 7.76. The highest BCUT2D eigenvalue weighted by Gasteiger charge is 2.70. The average molecular weight is 429 g/mol. The first-order chi connectivity index (χ1) is 14.3. The van der Waals surface area contributed by atoms with Crippen molar-refractivity contribution in [1.29, 1.82) is 0 Å². The van der Waals surface area contributed by atoms with E-state index in [-0.39, 0.29) is 0 Å². The van der Waals surface area contributed by atoms with Gasteiger partial charge in [-0.05, 0) is 24.3 Å². The molecule has 10 unspecified atom stereocenters. The largest absolute Gasteiger partial charge is 0.462 e. The van der Waals surface area contributed by atoms with E-state index in [0.29, 0.717) is 11.5 Å². The number of epoxide rings is 1. The van der Waals surface area contributed by atoms with Gasteiger partial charge in [-0.25, -0.2) is 5.32 Å². The van der Waals surface area contributed by atoms with Gasteiger partial charge in [0.2, 0.25) is 12.1 Å². The van der Waals surface area contributed by atoms with Crippen LogP contribution in [-0.2, 0) is 14.2 Å². The molecule has 0 amide bonds. The summed E-state index contributed by atoms with van der Waals surface area (Å²) < 4.78 is 27.4. The third-order valence-corrected chi connectivity index (χ3v) is 5.79. The van der Waals surface area contributed by atoms with Crippen molar-refractivity contribution in [2.24, 2.45) is 0 Å². The molecule has 4 saturated heterocycles.